The van der Waals surface area contributed by atoms with Crippen LogP contribution < -0.4 is 5.32 Å². The normalized spacial score (nSPS) is 9.87. The Morgan fingerprint density at radius 3 is 3.13 bits per heavy atom. The van der Waals surface area contributed by atoms with Gasteiger partial charge in [0.2, 0.25) is 0 Å². The molecule has 2 heterocycles. The molecular weight excluding hydrogens is 206 g/mol. The molecule has 0 unspecified atom stereocenters. The molecule has 0 bridgehead atoms. The van der Waals surface area contributed by atoms with Crippen LogP contribution in [-0.2, 0) is 0 Å². The summed E-state index contributed by atoms with van der Waals surface area (Å²) in [5.74, 6) is 0.825. The molecule has 0 atom stereocenters. The summed E-state index contributed by atoms with van der Waals surface area (Å²) in [6, 6.07) is 3.98. The molecule has 2 aromatic heterocycles. The molecule has 0 spiro atoms. The molecule has 0 aliphatic rings. The third kappa shape index (κ3) is 2.41. The van der Waals surface area contributed by atoms with Crippen molar-refractivity contribution >= 4 is 17.2 Å². The largest absolute Gasteiger partial charge is 0.366 e. The highest BCUT2D eigenvalue weighted by atomic mass is 32.1. The summed E-state index contributed by atoms with van der Waals surface area (Å²) in [6.07, 6.45) is 3.37. The van der Waals surface area contributed by atoms with E-state index in [-0.39, 0.29) is 0 Å². The lowest BCUT2D eigenvalue weighted by molar-refractivity contribution is 1.14. The fourth-order valence-corrected chi connectivity index (χ4v) is 1.85. The highest BCUT2D eigenvalue weighted by Gasteiger charge is 2.00. The molecule has 0 amide bonds. The van der Waals surface area contributed by atoms with Gasteiger partial charge in [0.05, 0.1) is 5.69 Å². The van der Waals surface area contributed by atoms with Crippen molar-refractivity contribution in [3.05, 3.63) is 41.9 Å². The van der Waals surface area contributed by atoms with Crippen molar-refractivity contribution in [3.63, 3.8) is 0 Å². The van der Waals surface area contributed by atoms with Gasteiger partial charge >= 0.3 is 0 Å². The van der Waals surface area contributed by atoms with Crippen molar-refractivity contribution < 1.29 is 0 Å². The van der Waals surface area contributed by atoms with Gasteiger partial charge in [-0.25, -0.2) is 9.97 Å². The minimum atomic E-state index is 0.708. The Hall–Kier alpha value is -1.68. The quantitative estimate of drug-likeness (QED) is 0.800. The van der Waals surface area contributed by atoms with Gasteiger partial charge in [-0.1, -0.05) is 6.08 Å². The number of nitrogens with one attached hydrogen (secondary N) is 1. The SMILES string of the molecule is C=CCNc1cc(-c2ccsc2)ncn1. The molecule has 2 rings (SSSR count). The Kier molecular flexibility index (Phi) is 3.09. The average Bonchev–Trinajstić information content (AvgIpc) is 2.80. The predicted molar refractivity (Wildman–Crippen MR) is 64.0 cm³/mol. The maximum absolute atomic E-state index is 4.22. The number of aromatic nitrogens is 2. The summed E-state index contributed by atoms with van der Waals surface area (Å²) in [7, 11) is 0. The number of rotatable bonds is 4. The third-order valence-electron chi connectivity index (χ3n) is 1.91. The molecule has 0 radical (unpaired) electrons. The summed E-state index contributed by atoms with van der Waals surface area (Å²) < 4.78 is 0. The molecule has 0 saturated carbocycles. The molecule has 4 heteroatoms. The van der Waals surface area contributed by atoms with E-state index in [1.807, 2.05) is 17.5 Å². The van der Waals surface area contributed by atoms with E-state index < -0.39 is 0 Å². The van der Waals surface area contributed by atoms with Crippen LogP contribution in [0.25, 0.3) is 11.3 Å². The van der Waals surface area contributed by atoms with Crippen molar-refractivity contribution in [2.24, 2.45) is 0 Å². The van der Waals surface area contributed by atoms with Crippen molar-refractivity contribution in [1.82, 2.24) is 9.97 Å². The molecule has 76 valence electrons. The van der Waals surface area contributed by atoms with Crippen LogP contribution in [0, 0.1) is 0 Å². The molecule has 0 aliphatic heterocycles. The molecule has 0 saturated heterocycles. The van der Waals surface area contributed by atoms with Crippen molar-refractivity contribution in [3.8, 4) is 11.3 Å². The lowest BCUT2D eigenvalue weighted by Crippen LogP contribution is -2.00. The van der Waals surface area contributed by atoms with E-state index in [9.17, 15) is 0 Å². The summed E-state index contributed by atoms with van der Waals surface area (Å²) in [5.41, 5.74) is 2.07. The van der Waals surface area contributed by atoms with E-state index in [1.54, 1.807) is 23.7 Å². The van der Waals surface area contributed by atoms with Gasteiger partial charge in [-0.05, 0) is 11.4 Å². The predicted octanol–water partition coefficient (Wildman–Crippen LogP) is 2.80. The first-order chi connectivity index (χ1) is 7.40. The van der Waals surface area contributed by atoms with Crippen LogP contribution in [0.4, 0.5) is 5.82 Å². The second-order valence-electron chi connectivity index (χ2n) is 2.97. The van der Waals surface area contributed by atoms with Crippen molar-refractivity contribution in [2.45, 2.75) is 0 Å². The molecule has 2 aromatic rings. The van der Waals surface area contributed by atoms with Gasteiger partial charge < -0.3 is 5.32 Å². The Balaban J connectivity index is 2.23. The van der Waals surface area contributed by atoms with E-state index >= 15 is 0 Å². The third-order valence-corrected chi connectivity index (χ3v) is 2.59. The number of hydrogen-bond acceptors (Lipinski definition) is 4. The van der Waals surface area contributed by atoms with Gasteiger partial charge in [-0.2, -0.15) is 11.3 Å². The first-order valence-electron chi connectivity index (χ1n) is 4.59. The fourth-order valence-electron chi connectivity index (χ4n) is 1.20. The van der Waals surface area contributed by atoms with E-state index in [1.165, 1.54) is 0 Å². The van der Waals surface area contributed by atoms with Crippen LogP contribution >= 0.6 is 11.3 Å². The topological polar surface area (TPSA) is 37.8 Å². The summed E-state index contributed by atoms with van der Waals surface area (Å²) >= 11 is 1.66. The monoisotopic (exact) mass is 217 g/mol. The summed E-state index contributed by atoms with van der Waals surface area (Å²) in [6.45, 7) is 4.35. The molecule has 1 N–H and O–H groups in total. The first-order valence-corrected chi connectivity index (χ1v) is 5.54. The first kappa shape index (κ1) is 9.86. The van der Waals surface area contributed by atoms with Crippen LogP contribution in [0.5, 0.6) is 0 Å². The lowest BCUT2D eigenvalue weighted by atomic mass is 10.2. The van der Waals surface area contributed by atoms with Crippen LogP contribution in [0.2, 0.25) is 0 Å². The van der Waals surface area contributed by atoms with Gasteiger partial charge in [-0.3, -0.25) is 0 Å². The van der Waals surface area contributed by atoms with E-state index in [0.29, 0.717) is 6.54 Å². The fraction of sp³-hybridized carbons (Fsp3) is 0.0909. The van der Waals surface area contributed by atoms with Crippen LogP contribution in [0.15, 0.2) is 41.9 Å². The minimum absolute atomic E-state index is 0.708. The average molecular weight is 217 g/mol. The number of hydrogen-bond donors (Lipinski definition) is 1. The molecule has 15 heavy (non-hydrogen) atoms. The Labute approximate surface area is 92.5 Å². The molecule has 3 nitrogen and oxygen atoms in total. The number of thiophene rings is 1. The zero-order valence-corrected chi connectivity index (χ0v) is 9.00. The maximum Gasteiger partial charge on any atom is 0.130 e. The Morgan fingerprint density at radius 1 is 1.47 bits per heavy atom. The number of nitrogens with zero attached hydrogens (tertiary/aromatic N) is 2. The van der Waals surface area contributed by atoms with Gasteiger partial charge in [0, 0.05) is 23.6 Å². The van der Waals surface area contributed by atoms with Crippen LogP contribution in [0.1, 0.15) is 0 Å². The standard InChI is InChI=1S/C11H11N3S/c1-2-4-12-11-6-10(13-8-14-11)9-3-5-15-7-9/h2-3,5-8H,1,4H2,(H,12,13,14). The van der Waals surface area contributed by atoms with Gasteiger partial charge in [-0.15, -0.1) is 6.58 Å². The zero-order chi connectivity index (χ0) is 10.5. The van der Waals surface area contributed by atoms with Crippen LogP contribution in [-0.4, -0.2) is 16.5 Å². The lowest BCUT2D eigenvalue weighted by Gasteiger charge is -2.03. The number of anilines is 1. The summed E-state index contributed by atoms with van der Waals surface area (Å²) in [5, 5.41) is 7.24. The van der Waals surface area contributed by atoms with E-state index in [0.717, 1.165) is 17.1 Å². The van der Waals surface area contributed by atoms with Gasteiger partial charge in [0.15, 0.2) is 0 Å². The highest BCUT2D eigenvalue weighted by Crippen LogP contribution is 2.20. The maximum atomic E-state index is 4.22. The molecule has 0 aliphatic carbocycles. The van der Waals surface area contributed by atoms with Crippen molar-refractivity contribution in [1.29, 1.82) is 0 Å². The Bertz CT molecular complexity index is 437. The van der Waals surface area contributed by atoms with Gasteiger partial charge in [0.1, 0.15) is 12.1 Å². The van der Waals surface area contributed by atoms with E-state index in [2.05, 4.69) is 27.2 Å². The summed E-state index contributed by atoms with van der Waals surface area (Å²) in [4.78, 5) is 8.34. The Morgan fingerprint density at radius 2 is 2.40 bits per heavy atom. The van der Waals surface area contributed by atoms with E-state index in [4.69, 9.17) is 0 Å². The second kappa shape index (κ2) is 4.70. The zero-order valence-electron chi connectivity index (χ0n) is 8.18. The smallest absolute Gasteiger partial charge is 0.130 e. The highest BCUT2D eigenvalue weighted by molar-refractivity contribution is 7.08. The molecule has 0 aromatic carbocycles. The second-order valence-corrected chi connectivity index (χ2v) is 3.75. The molecular formula is C11H11N3S. The van der Waals surface area contributed by atoms with Crippen molar-refractivity contribution in [2.75, 3.05) is 11.9 Å². The minimum Gasteiger partial charge on any atom is -0.366 e. The van der Waals surface area contributed by atoms with Gasteiger partial charge in [0.25, 0.3) is 0 Å². The molecule has 0 fully saturated rings. The van der Waals surface area contributed by atoms with Crippen LogP contribution in [0.3, 0.4) is 0 Å².